The maximum atomic E-state index is 10.6. The van der Waals surface area contributed by atoms with Crippen molar-refractivity contribution >= 4 is 27.2 Å². The Labute approximate surface area is 100 Å². The number of para-hydroxylation sites is 1. The summed E-state index contributed by atoms with van der Waals surface area (Å²) in [4.78, 5) is 14.3. The summed E-state index contributed by atoms with van der Waals surface area (Å²) in [5.41, 5.74) is 0.997. The summed E-state index contributed by atoms with van der Waals surface area (Å²) in [6.07, 6.45) is 3.15. The van der Waals surface area contributed by atoms with Gasteiger partial charge in [0.15, 0.2) is 5.13 Å². The molecule has 0 spiro atoms. The number of thiazole rings is 1. The molecule has 1 aromatic carbocycles. The first kappa shape index (κ1) is 9.98. The van der Waals surface area contributed by atoms with Crippen molar-refractivity contribution in [2.75, 3.05) is 0 Å². The van der Waals surface area contributed by atoms with Crippen LogP contribution < -0.4 is 0 Å². The topological polar surface area (TPSA) is 61.0 Å². The van der Waals surface area contributed by atoms with Crippen molar-refractivity contribution in [2.45, 2.75) is 0 Å². The Bertz CT molecular complexity index is 701. The highest BCUT2D eigenvalue weighted by Crippen LogP contribution is 2.27. The Kier molecular flexibility index (Phi) is 2.15. The summed E-state index contributed by atoms with van der Waals surface area (Å²) in [7, 11) is 0. The molecule has 0 saturated carbocycles. The SMILES string of the molecule is O=[N+]([O-])c1cnc(-n2ccc3ccccc32)s1. The number of benzene rings is 1. The van der Waals surface area contributed by atoms with Crippen molar-refractivity contribution in [1.29, 1.82) is 0 Å². The molecule has 0 amide bonds. The van der Waals surface area contributed by atoms with E-state index >= 15 is 0 Å². The van der Waals surface area contributed by atoms with Crippen LogP contribution >= 0.6 is 11.3 Å². The molecule has 84 valence electrons. The van der Waals surface area contributed by atoms with Crippen molar-refractivity contribution < 1.29 is 4.92 Å². The van der Waals surface area contributed by atoms with Gasteiger partial charge >= 0.3 is 5.00 Å². The minimum atomic E-state index is -0.424. The van der Waals surface area contributed by atoms with E-state index < -0.39 is 4.92 Å². The molecular weight excluding hydrogens is 238 g/mol. The van der Waals surface area contributed by atoms with Gasteiger partial charge in [-0.25, -0.2) is 4.98 Å². The van der Waals surface area contributed by atoms with Crippen LogP contribution in [0.25, 0.3) is 16.0 Å². The second kappa shape index (κ2) is 3.67. The van der Waals surface area contributed by atoms with Gasteiger partial charge in [-0.3, -0.25) is 14.7 Å². The Morgan fingerprint density at radius 1 is 1.29 bits per heavy atom. The number of nitrogens with zero attached hydrogens (tertiary/aromatic N) is 3. The number of aromatic nitrogens is 2. The number of hydrogen-bond donors (Lipinski definition) is 0. The van der Waals surface area contributed by atoms with Crippen LogP contribution in [0.2, 0.25) is 0 Å². The van der Waals surface area contributed by atoms with E-state index in [1.54, 1.807) is 0 Å². The summed E-state index contributed by atoms with van der Waals surface area (Å²) in [6, 6.07) is 9.80. The van der Waals surface area contributed by atoms with E-state index in [1.807, 2.05) is 41.1 Å². The maximum absolute atomic E-state index is 10.6. The fraction of sp³-hybridized carbons (Fsp3) is 0. The minimum Gasteiger partial charge on any atom is -0.292 e. The van der Waals surface area contributed by atoms with E-state index in [2.05, 4.69) is 4.98 Å². The number of nitro groups is 1. The van der Waals surface area contributed by atoms with E-state index in [4.69, 9.17) is 0 Å². The highest BCUT2D eigenvalue weighted by Gasteiger charge is 2.13. The summed E-state index contributed by atoms with van der Waals surface area (Å²) in [5, 5.41) is 12.4. The third kappa shape index (κ3) is 1.58. The Balaban J connectivity index is 2.17. The number of fused-ring (bicyclic) bond motifs is 1. The molecule has 0 aliphatic heterocycles. The van der Waals surface area contributed by atoms with Gasteiger partial charge in [0.05, 0.1) is 10.4 Å². The van der Waals surface area contributed by atoms with Crippen molar-refractivity contribution in [1.82, 2.24) is 9.55 Å². The van der Waals surface area contributed by atoms with Crippen LogP contribution in [-0.2, 0) is 0 Å². The van der Waals surface area contributed by atoms with Gasteiger partial charge in [-0.2, -0.15) is 0 Å². The van der Waals surface area contributed by atoms with Gasteiger partial charge in [-0.05, 0) is 23.5 Å². The average molecular weight is 245 g/mol. The smallest absolute Gasteiger partial charge is 0.292 e. The summed E-state index contributed by atoms with van der Waals surface area (Å²) in [6.45, 7) is 0. The molecule has 3 rings (SSSR count). The van der Waals surface area contributed by atoms with E-state index in [0.29, 0.717) is 5.13 Å². The van der Waals surface area contributed by atoms with Gasteiger partial charge in [0.1, 0.15) is 6.20 Å². The molecule has 0 radical (unpaired) electrons. The highest BCUT2D eigenvalue weighted by atomic mass is 32.1. The molecule has 0 saturated heterocycles. The molecule has 0 aliphatic carbocycles. The van der Waals surface area contributed by atoms with E-state index in [0.717, 1.165) is 22.2 Å². The molecule has 0 bridgehead atoms. The van der Waals surface area contributed by atoms with Gasteiger partial charge in [0.25, 0.3) is 0 Å². The van der Waals surface area contributed by atoms with Gasteiger partial charge in [0, 0.05) is 11.6 Å². The molecule has 0 N–H and O–H groups in total. The van der Waals surface area contributed by atoms with Crippen LogP contribution in [0, 0.1) is 10.1 Å². The van der Waals surface area contributed by atoms with E-state index in [1.165, 1.54) is 6.20 Å². The van der Waals surface area contributed by atoms with Crippen LogP contribution in [0.4, 0.5) is 5.00 Å². The third-order valence-corrected chi connectivity index (χ3v) is 3.42. The van der Waals surface area contributed by atoms with Crippen molar-refractivity contribution in [2.24, 2.45) is 0 Å². The van der Waals surface area contributed by atoms with Crippen molar-refractivity contribution in [3.8, 4) is 5.13 Å². The molecule has 0 fully saturated rings. The second-order valence-corrected chi connectivity index (χ2v) is 4.47. The Hall–Kier alpha value is -2.21. The van der Waals surface area contributed by atoms with Crippen molar-refractivity contribution in [3.05, 3.63) is 52.8 Å². The fourth-order valence-electron chi connectivity index (χ4n) is 1.70. The minimum absolute atomic E-state index is 0.0535. The molecule has 2 heterocycles. The van der Waals surface area contributed by atoms with Crippen molar-refractivity contribution in [3.63, 3.8) is 0 Å². The molecule has 3 aromatic rings. The van der Waals surface area contributed by atoms with Gasteiger partial charge in [-0.1, -0.05) is 18.2 Å². The monoisotopic (exact) mass is 245 g/mol. The van der Waals surface area contributed by atoms with Gasteiger partial charge in [0.2, 0.25) is 0 Å². The normalized spacial score (nSPS) is 10.8. The summed E-state index contributed by atoms with van der Waals surface area (Å²) in [5.74, 6) is 0. The van der Waals surface area contributed by atoms with Gasteiger partial charge in [-0.15, -0.1) is 0 Å². The van der Waals surface area contributed by atoms with E-state index in [9.17, 15) is 10.1 Å². The number of rotatable bonds is 2. The lowest BCUT2D eigenvalue weighted by molar-refractivity contribution is -0.380. The second-order valence-electron chi connectivity index (χ2n) is 3.48. The van der Waals surface area contributed by atoms with Gasteiger partial charge < -0.3 is 0 Å². The van der Waals surface area contributed by atoms with E-state index in [-0.39, 0.29) is 5.00 Å². The first-order valence-corrected chi connectivity index (χ1v) is 5.74. The molecule has 5 nitrogen and oxygen atoms in total. The molecular formula is C11H7N3O2S. The molecule has 0 aliphatic rings. The molecule has 0 atom stereocenters. The Morgan fingerprint density at radius 2 is 2.12 bits per heavy atom. The lowest BCUT2D eigenvalue weighted by Crippen LogP contribution is -1.89. The molecule has 2 aromatic heterocycles. The zero-order chi connectivity index (χ0) is 11.8. The predicted octanol–water partition coefficient (Wildman–Crippen LogP) is 3.00. The third-order valence-electron chi connectivity index (χ3n) is 2.47. The lowest BCUT2D eigenvalue weighted by atomic mass is 10.2. The highest BCUT2D eigenvalue weighted by molar-refractivity contribution is 7.17. The van der Waals surface area contributed by atoms with Crippen LogP contribution in [0.5, 0.6) is 0 Å². The summed E-state index contributed by atoms with van der Waals surface area (Å²) >= 11 is 1.07. The molecule has 0 unspecified atom stereocenters. The number of hydrogen-bond acceptors (Lipinski definition) is 4. The predicted molar refractivity (Wildman–Crippen MR) is 65.6 cm³/mol. The molecule has 17 heavy (non-hydrogen) atoms. The van der Waals surface area contributed by atoms with Crippen LogP contribution in [0.1, 0.15) is 0 Å². The van der Waals surface area contributed by atoms with Crippen LogP contribution in [0.15, 0.2) is 42.7 Å². The largest absolute Gasteiger partial charge is 0.345 e. The zero-order valence-corrected chi connectivity index (χ0v) is 9.42. The van der Waals surface area contributed by atoms with Crippen LogP contribution in [0.3, 0.4) is 0 Å². The fourth-order valence-corrected chi connectivity index (χ4v) is 2.43. The average Bonchev–Trinajstić information content (AvgIpc) is 2.95. The Morgan fingerprint density at radius 3 is 2.88 bits per heavy atom. The quantitative estimate of drug-likeness (QED) is 0.515. The van der Waals surface area contributed by atoms with Crippen LogP contribution in [-0.4, -0.2) is 14.5 Å². The first-order valence-electron chi connectivity index (χ1n) is 4.92. The standard InChI is InChI=1S/C11H7N3O2S/c15-14(16)10-7-12-11(17-10)13-6-5-8-3-1-2-4-9(8)13/h1-7H. The zero-order valence-electron chi connectivity index (χ0n) is 8.61. The lowest BCUT2D eigenvalue weighted by Gasteiger charge is -1.98. The summed E-state index contributed by atoms with van der Waals surface area (Å²) < 4.78 is 1.85. The maximum Gasteiger partial charge on any atom is 0.345 e. The molecule has 6 heteroatoms. The first-order chi connectivity index (χ1) is 8.25.